The minimum atomic E-state index is -4.38. The van der Waals surface area contributed by atoms with E-state index in [-0.39, 0.29) is 17.7 Å². The lowest BCUT2D eigenvalue weighted by molar-refractivity contribution is -0.153. The number of hydrogen-bond donors (Lipinski definition) is 1. The van der Waals surface area contributed by atoms with E-state index >= 15 is 0 Å². The van der Waals surface area contributed by atoms with Crippen molar-refractivity contribution in [1.29, 1.82) is 0 Å². The first-order valence-corrected chi connectivity index (χ1v) is 6.57. The average molecular weight is 387 g/mol. The van der Waals surface area contributed by atoms with Crippen LogP contribution in [0.1, 0.15) is 24.2 Å². The van der Waals surface area contributed by atoms with Gasteiger partial charge in [0, 0.05) is 11.6 Å². The zero-order valence-electron chi connectivity index (χ0n) is 10.3. The van der Waals surface area contributed by atoms with Crippen LogP contribution in [0.5, 0.6) is 5.75 Å². The summed E-state index contributed by atoms with van der Waals surface area (Å²) in [5.74, 6) is -0.158. The smallest absolute Gasteiger partial charge is 0.422 e. The lowest BCUT2D eigenvalue weighted by Gasteiger charge is -2.12. The molecule has 0 atom stereocenters. The van der Waals surface area contributed by atoms with Crippen molar-refractivity contribution in [3.63, 3.8) is 0 Å². The van der Waals surface area contributed by atoms with Crippen molar-refractivity contribution in [2.75, 3.05) is 6.61 Å². The SMILES string of the molecule is CC(C)NC(=O)c1ccc(OCC(F)(F)F)c(I)c1. The standard InChI is InChI=1S/C12H13F3INO2/c1-7(2)17-11(18)8-3-4-10(9(16)5-8)19-6-12(13,14)15/h3-5,7H,6H2,1-2H3,(H,17,18). The van der Waals surface area contributed by atoms with Crippen molar-refractivity contribution in [3.8, 4) is 5.75 Å². The zero-order valence-corrected chi connectivity index (χ0v) is 12.5. The maximum atomic E-state index is 12.0. The Morgan fingerprint density at radius 1 is 1.42 bits per heavy atom. The van der Waals surface area contributed by atoms with Gasteiger partial charge >= 0.3 is 6.18 Å². The second-order valence-corrected chi connectivity index (χ2v) is 5.34. The Hall–Kier alpha value is -0.990. The predicted molar refractivity (Wildman–Crippen MR) is 73.3 cm³/mol. The summed E-state index contributed by atoms with van der Waals surface area (Å²) in [7, 11) is 0. The third-order valence-electron chi connectivity index (χ3n) is 2.01. The van der Waals surface area contributed by atoms with Gasteiger partial charge in [0.25, 0.3) is 5.91 Å². The van der Waals surface area contributed by atoms with E-state index < -0.39 is 12.8 Å². The highest BCUT2D eigenvalue weighted by Crippen LogP contribution is 2.24. The van der Waals surface area contributed by atoms with Gasteiger partial charge in [-0.05, 0) is 54.6 Å². The van der Waals surface area contributed by atoms with Gasteiger partial charge < -0.3 is 10.1 Å². The van der Waals surface area contributed by atoms with Crippen molar-refractivity contribution >= 4 is 28.5 Å². The molecule has 0 radical (unpaired) electrons. The van der Waals surface area contributed by atoms with Crippen LogP contribution >= 0.6 is 22.6 Å². The first kappa shape index (κ1) is 16.1. The van der Waals surface area contributed by atoms with Crippen molar-refractivity contribution in [2.45, 2.75) is 26.1 Å². The topological polar surface area (TPSA) is 38.3 Å². The molecule has 0 saturated heterocycles. The summed E-state index contributed by atoms with van der Waals surface area (Å²) in [6, 6.07) is 4.28. The van der Waals surface area contributed by atoms with Crippen LogP contribution < -0.4 is 10.1 Å². The Bertz CT molecular complexity index is 461. The molecule has 0 aliphatic carbocycles. The number of ether oxygens (including phenoxy) is 1. The Labute approximate surface area is 122 Å². The Morgan fingerprint density at radius 3 is 2.53 bits per heavy atom. The number of carbonyl (C=O) groups excluding carboxylic acids is 1. The molecule has 0 saturated carbocycles. The van der Waals surface area contributed by atoms with E-state index in [4.69, 9.17) is 0 Å². The zero-order chi connectivity index (χ0) is 14.6. The van der Waals surface area contributed by atoms with E-state index in [1.165, 1.54) is 18.2 Å². The van der Waals surface area contributed by atoms with Crippen molar-refractivity contribution in [2.24, 2.45) is 0 Å². The lowest BCUT2D eigenvalue weighted by Crippen LogP contribution is -2.30. The highest BCUT2D eigenvalue weighted by molar-refractivity contribution is 14.1. The number of benzene rings is 1. The molecule has 1 rings (SSSR count). The fraction of sp³-hybridized carbons (Fsp3) is 0.417. The van der Waals surface area contributed by atoms with Gasteiger partial charge in [-0.1, -0.05) is 0 Å². The van der Waals surface area contributed by atoms with E-state index in [2.05, 4.69) is 10.1 Å². The van der Waals surface area contributed by atoms with Gasteiger partial charge in [-0.3, -0.25) is 4.79 Å². The predicted octanol–water partition coefficient (Wildman–Crippen LogP) is 3.37. The number of rotatable bonds is 4. The van der Waals surface area contributed by atoms with E-state index in [9.17, 15) is 18.0 Å². The highest BCUT2D eigenvalue weighted by atomic mass is 127. The Kier molecular flexibility index (Phi) is 5.45. The van der Waals surface area contributed by atoms with Crippen LogP contribution in [0.25, 0.3) is 0 Å². The molecule has 0 aliphatic heterocycles. The molecule has 0 bridgehead atoms. The van der Waals surface area contributed by atoms with Gasteiger partial charge in [0.1, 0.15) is 5.75 Å². The van der Waals surface area contributed by atoms with Crippen LogP contribution in [0.3, 0.4) is 0 Å². The first-order valence-electron chi connectivity index (χ1n) is 5.49. The van der Waals surface area contributed by atoms with E-state index in [1.54, 1.807) is 0 Å². The molecule has 1 aromatic rings. The molecule has 1 aromatic carbocycles. The van der Waals surface area contributed by atoms with Gasteiger partial charge in [0.2, 0.25) is 0 Å². The molecule has 7 heteroatoms. The molecule has 0 heterocycles. The van der Waals surface area contributed by atoms with Crippen molar-refractivity contribution in [1.82, 2.24) is 5.32 Å². The molecule has 1 amide bonds. The third-order valence-corrected chi connectivity index (χ3v) is 2.85. The molecule has 0 fully saturated rings. The number of halogens is 4. The van der Waals surface area contributed by atoms with Gasteiger partial charge in [0.15, 0.2) is 6.61 Å². The second kappa shape index (κ2) is 6.44. The fourth-order valence-corrected chi connectivity index (χ4v) is 1.94. The number of hydrogen-bond acceptors (Lipinski definition) is 2. The monoisotopic (exact) mass is 387 g/mol. The van der Waals surface area contributed by atoms with Crippen LogP contribution in [0.2, 0.25) is 0 Å². The molecular formula is C12H13F3INO2. The summed E-state index contributed by atoms with van der Waals surface area (Å²) < 4.78 is 41.2. The molecule has 106 valence electrons. The summed E-state index contributed by atoms with van der Waals surface area (Å²) in [6.07, 6.45) is -4.38. The summed E-state index contributed by atoms with van der Waals surface area (Å²) in [6.45, 7) is 2.30. The summed E-state index contributed by atoms with van der Waals surface area (Å²) >= 11 is 1.83. The minimum absolute atomic E-state index is 0.00804. The first-order chi connectivity index (χ1) is 8.69. The van der Waals surface area contributed by atoms with Crippen LogP contribution in [-0.4, -0.2) is 24.7 Å². The van der Waals surface area contributed by atoms with Gasteiger partial charge in [-0.15, -0.1) is 0 Å². The van der Waals surface area contributed by atoms with E-state index in [0.717, 1.165) is 0 Å². The Morgan fingerprint density at radius 2 is 2.05 bits per heavy atom. The molecule has 0 aromatic heterocycles. The summed E-state index contributed by atoms with van der Waals surface area (Å²) in [5.41, 5.74) is 0.387. The van der Waals surface area contributed by atoms with Crippen LogP contribution in [0.15, 0.2) is 18.2 Å². The Balaban J connectivity index is 2.77. The molecule has 0 spiro atoms. The average Bonchev–Trinajstić information content (AvgIpc) is 2.25. The van der Waals surface area contributed by atoms with E-state index in [1.807, 2.05) is 36.4 Å². The summed E-state index contributed by atoms with van der Waals surface area (Å²) in [4.78, 5) is 11.7. The number of amides is 1. The lowest BCUT2D eigenvalue weighted by atomic mass is 10.2. The molecule has 0 aliphatic rings. The quantitative estimate of drug-likeness (QED) is 0.805. The number of nitrogens with one attached hydrogen (secondary N) is 1. The highest BCUT2D eigenvalue weighted by Gasteiger charge is 2.28. The maximum absolute atomic E-state index is 12.0. The van der Waals surface area contributed by atoms with Gasteiger partial charge in [-0.25, -0.2) is 0 Å². The van der Waals surface area contributed by atoms with Crippen molar-refractivity contribution < 1.29 is 22.7 Å². The van der Waals surface area contributed by atoms with E-state index in [0.29, 0.717) is 9.13 Å². The van der Waals surface area contributed by atoms with Gasteiger partial charge in [0.05, 0.1) is 3.57 Å². The van der Waals surface area contributed by atoms with Crippen LogP contribution in [-0.2, 0) is 0 Å². The minimum Gasteiger partial charge on any atom is -0.483 e. The molecule has 19 heavy (non-hydrogen) atoms. The number of carbonyl (C=O) groups is 1. The normalized spacial score (nSPS) is 11.5. The van der Waals surface area contributed by atoms with Gasteiger partial charge in [-0.2, -0.15) is 13.2 Å². The molecule has 0 unspecified atom stereocenters. The maximum Gasteiger partial charge on any atom is 0.422 e. The molecule has 1 N–H and O–H groups in total. The number of alkyl halides is 3. The fourth-order valence-electron chi connectivity index (χ4n) is 1.26. The van der Waals surface area contributed by atoms with Crippen molar-refractivity contribution in [3.05, 3.63) is 27.3 Å². The largest absolute Gasteiger partial charge is 0.483 e. The van der Waals surface area contributed by atoms with Crippen LogP contribution in [0, 0.1) is 3.57 Å². The summed E-state index contributed by atoms with van der Waals surface area (Å²) in [5, 5.41) is 2.70. The second-order valence-electron chi connectivity index (χ2n) is 4.18. The van der Waals surface area contributed by atoms with Crippen LogP contribution in [0.4, 0.5) is 13.2 Å². The third kappa shape index (κ3) is 5.66. The molecule has 3 nitrogen and oxygen atoms in total. The molecular weight excluding hydrogens is 374 g/mol.